The van der Waals surface area contributed by atoms with Gasteiger partial charge in [0, 0.05) is 45.6 Å². The number of hydrogen-bond donors (Lipinski definition) is 2. The summed E-state index contributed by atoms with van der Waals surface area (Å²) in [6, 6.07) is 48.7. The van der Waals surface area contributed by atoms with Crippen molar-refractivity contribution in [2.75, 3.05) is 0 Å². The maximum absolute atomic E-state index is 12.2. The smallest absolute Gasteiger partial charge is 0.161 e. The molecule has 0 saturated heterocycles. The molecule has 2 aliphatic rings. The Hall–Kier alpha value is -7.54. The van der Waals surface area contributed by atoms with Crippen molar-refractivity contribution in [3.63, 3.8) is 0 Å². The Bertz CT molecular complexity index is 3200. The molecule has 58 heavy (non-hydrogen) atoms. The first kappa shape index (κ1) is 33.8. The monoisotopic (exact) mass is 746 g/mol. The number of rotatable bonds is 5. The zero-order valence-electron chi connectivity index (χ0n) is 31.2. The third kappa shape index (κ3) is 5.38. The van der Waals surface area contributed by atoms with Crippen LogP contribution in [0.25, 0.3) is 93.8 Å². The topological polar surface area (TPSA) is 91.5 Å². The van der Waals surface area contributed by atoms with Crippen LogP contribution in [-0.2, 0) is 0 Å². The van der Waals surface area contributed by atoms with Gasteiger partial charge in [-0.1, -0.05) is 146 Å². The lowest BCUT2D eigenvalue weighted by molar-refractivity contribution is 0.214. The Morgan fingerprint density at radius 2 is 1.24 bits per heavy atom. The summed E-state index contributed by atoms with van der Waals surface area (Å²) in [5.74, 6) is 0.734. The number of aromatic hydroxyl groups is 1. The molecule has 0 radical (unpaired) electrons. The molecule has 1 aliphatic heterocycles. The van der Waals surface area contributed by atoms with Gasteiger partial charge in [-0.2, -0.15) is 0 Å². The summed E-state index contributed by atoms with van der Waals surface area (Å²) in [6.07, 6.45) is 10.6. The summed E-state index contributed by atoms with van der Waals surface area (Å²) >= 11 is 0. The minimum atomic E-state index is -0.894. The number of aromatic nitrogens is 3. The van der Waals surface area contributed by atoms with Crippen molar-refractivity contribution in [1.82, 2.24) is 15.0 Å². The molecule has 2 N–H and O–H groups in total. The lowest BCUT2D eigenvalue weighted by atomic mass is 9.79. The van der Waals surface area contributed by atoms with Crippen LogP contribution in [0.4, 0.5) is 0 Å². The predicted octanol–water partition coefficient (Wildman–Crippen LogP) is 11.6. The molecule has 6 heteroatoms. The van der Waals surface area contributed by atoms with Gasteiger partial charge >= 0.3 is 0 Å². The molecule has 2 unspecified atom stereocenters. The number of hydrogen-bond acceptors (Lipinski definition) is 6. The molecular formula is C52H34N4O2. The number of dihydropyridines is 1. The van der Waals surface area contributed by atoms with E-state index < -0.39 is 12.1 Å². The average molecular weight is 747 g/mol. The van der Waals surface area contributed by atoms with Crippen molar-refractivity contribution >= 4 is 55.0 Å². The molecule has 11 rings (SSSR count). The Kier molecular flexibility index (Phi) is 7.91. The molecule has 6 nitrogen and oxygen atoms in total. The van der Waals surface area contributed by atoms with Crippen molar-refractivity contribution in [2.24, 2.45) is 4.99 Å². The Morgan fingerprint density at radius 3 is 2.00 bits per heavy atom. The molecule has 1 aliphatic carbocycles. The second-order valence-electron chi connectivity index (χ2n) is 14.8. The first-order valence-electron chi connectivity index (χ1n) is 19.4. The van der Waals surface area contributed by atoms with E-state index in [0.29, 0.717) is 16.9 Å². The molecule has 9 aromatic rings. The summed E-state index contributed by atoms with van der Waals surface area (Å²) in [5.41, 5.74) is 9.34. The van der Waals surface area contributed by atoms with Gasteiger partial charge in [0.2, 0.25) is 0 Å². The van der Waals surface area contributed by atoms with E-state index in [4.69, 9.17) is 15.0 Å². The van der Waals surface area contributed by atoms with Gasteiger partial charge in [0.05, 0.1) is 11.4 Å². The number of aliphatic hydroxyl groups excluding tert-OH is 1. The Morgan fingerprint density at radius 1 is 0.552 bits per heavy atom. The highest BCUT2D eigenvalue weighted by Gasteiger charge is 2.32. The molecular weight excluding hydrogens is 713 g/mol. The fourth-order valence-electron chi connectivity index (χ4n) is 8.82. The molecule has 3 heterocycles. The number of fused-ring (bicyclic) bond motifs is 6. The summed E-state index contributed by atoms with van der Waals surface area (Å²) in [6.45, 7) is 0. The van der Waals surface area contributed by atoms with Gasteiger partial charge in [-0.15, -0.1) is 0 Å². The largest absolute Gasteiger partial charge is 0.505 e. The molecule has 2 aromatic heterocycles. The SMILES string of the molecule is Oc1c(-c2c3ccccc3c(C3=CC=C4C=CC=NC4C3O)c3c2ccc2c(-c4nc(-c5ccccc5)cc(-c5ccccc5)n4)cccc23)ccc2cccnc12. The number of aliphatic hydroxyl groups is 1. The minimum Gasteiger partial charge on any atom is -0.505 e. The number of phenols is 1. The highest BCUT2D eigenvalue weighted by molar-refractivity contribution is 6.27. The fraction of sp³-hybridized carbons (Fsp3) is 0.0385. The van der Waals surface area contributed by atoms with Gasteiger partial charge in [0.1, 0.15) is 23.4 Å². The predicted molar refractivity (Wildman–Crippen MR) is 237 cm³/mol. The highest BCUT2D eigenvalue weighted by Crippen LogP contribution is 2.49. The summed E-state index contributed by atoms with van der Waals surface area (Å²) in [7, 11) is 0. The van der Waals surface area contributed by atoms with Gasteiger partial charge in [0.15, 0.2) is 5.82 Å². The number of pyridine rings is 1. The van der Waals surface area contributed by atoms with Crippen LogP contribution in [0.3, 0.4) is 0 Å². The molecule has 0 fully saturated rings. The summed E-state index contributed by atoms with van der Waals surface area (Å²) < 4.78 is 0. The van der Waals surface area contributed by atoms with Crippen LogP contribution in [0, 0.1) is 0 Å². The standard InChI is InChI=1S/C52H34N4O2/c57-50-41(24-22-33-16-10-28-53-48(33)50)45-37-18-7-8-19-38(37)47(42-25-23-34-17-11-29-54-49(34)51(42)58)46-36-20-9-21-39(35(36)26-27-40(45)46)52-55-43(31-12-3-1-4-13-31)30-44(56-52)32-14-5-2-6-15-32/h1-30,49,51,57-58H. The number of nitrogens with zero attached hydrogens (tertiary/aromatic N) is 4. The fourth-order valence-corrected chi connectivity index (χ4v) is 8.82. The van der Waals surface area contributed by atoms with E-state index in [1.807, 2.05) is 91.0 Å². The minimum absolute atomic E-state index is 0.124. The molecule has 0 bridgehead atoms. The maximum atomic E-state index is 12.2. The number of benzene rings is 7. The van der Waals surface area contributed by atoms with E-state index >= 15 is 0 Å². The van der Waals surface area contributed by atoms with Gasteiger partial charge in [0.25, 0.3) is 0 Å². The molecule has 2 atom stereocenters. The van der Waals surface area contributed by atoms with Gasteiger partial charge in [-0.05, 0) is 73.3 Å². The van der Waals surface area contributed by atoms with Crippen LogP contribution < -0.4 is 0 Å². The van der Waals surface area contributed by atoms with E-state index in [1.165, 1.54) is 0 Å². The molecule has 0 amide bonds. The van der Waals surface area contributed by atoms with Gasteiger partial charge in [-0.25, -0.2) is 9.97 Å². The lowest BCUT2D eigenvalue weighted by Crippen LogP contribution is -2.30. The third-order valence-corrected chi connectivity index (χ3v) is 11.5. The van der Waals surface area contributed by atoms with Gasteiger partial charge < -0.3 is 10.2 Å². The van der Waals surface area contributed by atoms with Crippen molar-refractivity contribution < 1.29 is 10.2 Å². The first-order chi connectivity index (χ1) is 28.6. The van der Waals surface area contributed by atoms with Crippen molar-refractivity contribution in [3.05, 3.63) is 187 Å². The van der Waals surface area contributed by atoms with Crippen molar-refractivity contribution in [2.45, 2.75) is 12.1 Å². The van der Waals surface area contributed by atoms with Crippen LogP contribution in [0.2, 0.25) is 0 Å². The van der Waals surface area contributed by atoms with E-state index in [2.05, 4.69) is 83.9 Å². The van der Waals surface area contributed by atoms with Crippen LogP contribution >= 0.6 is 0 Å². The maximum Gasteiger partial charge on any atom is 0.161 e. The van der Waals surface area contributed by atoms with Crippen LogP contribution in [0.5, 0.6) is 5.75 Å². The Balaban J connectivity index is 1.26. The normalized spacial score (nSPS) is 16.2. The van der Waals surface area contributed by atoms with Crippen molar-refractivity contribution in [1.29, 1.82) is 0 Å². The van der Waals surface area contributed by atoms with Crippen LogP contribution in [-0.4, -0.2) is 43.5 Å². The van der Waals surface area contributed by atoms with Crippen molar-refractivity contribution in [3.8, 4) is 50.8 Å². The van der Waals surface area contributed by atoms with E-state index in [9.17, 15) is 10.2 Å². The molecule has 274 valence electrons. The zero-order valence-corrected chi connectivity index (χ0v) is 31.2. The average Bonchev–Trinajstić information content (AvgIpc) is 3.29. The highest BCUT2D eigenvalue weighted by atomic mass is 16.3. The summed E-state index contributed by atoms with van der Waals surface area (Å²) in [4.78, 5) is 19.8. The van der Waals surface area contributed by atoms with Gasteiger partial charge in [-0.3, -0.25) is 9.98 Å². The van der Waals surface area contributed by atoms with E-state index in [0.717, 1.165) is 88.1 Å². The van der Waals surface area contributed by atoms with E-state index in [-0.39, 0.29) is 5.75 Å². The molecule has 0 saturated carbocycles. The Labute approximate surface area is 334 Å². The molecule has 7 aromatic carbocycles. The quantitative estimate of drug-likeness (QED) is 0.135. The number of aliphatic imine (C=N–C) groups is 1. The number of allylic oxidation sites excluding steroid dienone is 3. The summed E-state index contributed by atoms with van der Waals surface area (Å²) in [5, 5.41) is 30.8. The van der Waals surface area contributed by atoms with Crippen LogP contribution in [0.15, 0.2) is 187 Å². The number of phenolic OH excluding ortho intramolecular Hbond substituents is 1. The second-order valence-corrected chi connectivity index (χ2v) is 14.8. The molecule has 0 spiro atoms. The lowest BCUT2D eigenvalue weighted by Gasteiger charge is -2.30. The first-order valence-corrected chi connectivity index (χ1v) is 19.4. The van der Waals surface area contributed by atoms with E-state index in [1.54, 1.807) is 12.4 Å². The third-order valence-electron chi connectivity index (χ3n) is 11.5. The zero-order chi connectivity index (χ0) is 38.7. The second kappa shape index (κ2) is 13.6. The van der Waals surface area contributed by atoms with Crippen LogP contribution in [0.1, 0.15) is 5.56 Å².